The van der Waals surface area contributed by atoms with Gasteiger partial charge in [0.1, 0.15) is 0 Å². The lowest BCUT2D eigenvalue weighted by atomic mass is 10.0. The molecule has 16 heavy (non-hydrogen) atoms. The highest BCUT2D eigenvalue weighted by Crippen LogP contribution is 2.25. The number of hydrogen-bond acceptors (Lipinski definition) is 3. The van der Waals surface area contributed by atoms with Crippen LogP contribution in [-0.4, -0.2) is 22.8 Å². The molecular weight excluding hydrogens is 238 g/mol. The maximum atomic E-state index is 10.9. The summed E-state index contributed by atoms with van der Waals surface area (Å²) in [5.74, 6) is 1.38. The maximum absolute atomic E-state index is 10.9. The highest BCUT2D eigenvalue weighted by atomic mass is 32.2. The lowest BCUT2D eigenvalue weighted by molar-refractivity contribution is 0.419. The molecule has 1 rings (SSSR count). The molecule has 4 heteroatoms. The summed E-state index contributed by atoms with van der Waals surface area (Å²) in [5.41, 5.74) is 0. The molecule has 0 aliphatic rings. The SMILES string of the molecule is CC(C)C(NCCCS(C)=O)c1cccs1. The van der Waals surface area contributed by atoms with Crippen molar-refractivity contribution >= 4 is 22.1 Å². The van der Waals surface area contributed by atoms with Crippen LogP contribution in [0.15, 0.2) is 17.5 Å². The third-order valence-electron chi connectivity index (χ3n) is 2.49. The van der Waals surface area contributed by atoms with Gasteiger partial charge in [-0.3, -0.25) is 4.21 Å². The first kappa shape index (κ1) is 13.9. The minimum atomic E-state index is -0.665. The molecule has 0 amide bonds. The van der Waals surface area contributed by atoms with Gasteiger partial charge in [0.05, 0.1) is 0 Å². The van der Waals surface area contributed by atoms with Crippen molar-refractivity contribution in [2.24, 2.45) is 5.92 Å². The summed E-state index contributed by atoms with van der Waals surface area (Å²) in [5, 5.41) is 5.67. The van der Waals surface area contributed by atoms with E-state index >= 15 is 0 Å². The molecule has 2 unspecified atom stereocenters. The van der Waals surface area contributed by atoms with E-state index in [0.717, 1.165) is 18.7 Å². The second-order valence-electron chi connectivity index (χ2n) is 4.32. The van der Waals surface area contributed by atoms with Crippen molar-refractivity contribution in [3.63, 3.8) is 0 Å². The zero-order valence-corrected chi connectivity index (χ0v) is 11.9. The van der Waals surface area contributed by atoms with Crippen molar-refractivity contribution in [2.75, 3.05) is 18.6 Å². The fourth-order valence-corrected chi connectivity index (χ4v) is 3.19. The van der Waals surface area contributed by atoms with Crippen molar-refractivity contribution in [1.29, 1.82) is 0 Å². The second-order valence-corrected chi connectivity index (χ2v) is 6.86. The second kappa shape index (κ2) is 7.20. The normalized spacial score (nSPS) is 15.2. The first-order valence-corrected chi connectivity index (χ1v) is 8.28. The van der Waals surface area contributed by atoms with Crippen LogP contribution in [0.4, 0.5) is 0 Å². The van der Waals surface area contributed by atoms with Crippen LogP contribution >= 0.6 is 11.3 Å². The molecule has 0 radical (unpaired) electrons. The molecule has 1 aromatic rings. The van der Waals surface area contributed by atoms with Crippen LogP contribution in [0.25, 0.3) is 0 Å². The van der Waals surface area contributed by atoms with E-state index in [1.165, 1.54) is 4.88 Å². The van der Waals surface area contributed by atoms with Crippen molar-refractivity contribution in [3.8, 4) is 0 Å². The molecule has 0 aliphatic heterocycles. The predicted octanol–water partition coefficient (Wildman–Crippen LogP) is 2.80. The Bertz CT molecular complexity index is 309. The molecule has 1 aromatic heterocycles. The van der Waals surface area contributed by atoms with Crippen molar-refractivity contribution in [2.45, 2.75) is 26.3 Å². The predicted molar refractivity (Wildman–Crippen MR) is 73.5 cm³/mol. The highest BCUT2D eigenvalue weighted by Gasteiger charge is 2.15. The van der Waals surface area contributed by atoms with E-state index < -0.39 is 10.8 Å². The van der Waals surface area contributed by atoms with Crippen LogP contribution < -0.4 is 5.32 Å². The molecule has 0 spiro atoms. The smallest absolute Gasteiger partial charge is 0.0438 e. The van der Waals surface area contributed by atoms with Crippen LogP contribution in [0, 0.1) is 5.92 Å². The largest absolute Gasteiger partial charge is 0.309 e. The molecule has 0 saturated heterocycles. The van der Waals surface area contributed by atoms with Gasteiger partial charge in [0, 0.05) is 33.7 Å². The molecule has 0 aromatic carbocycles. The fourth-order valence-electron chi connectivity index (χ4n) is 1.67. The van der Waals surface area contributed by atoms with Crippen LogP contribution in [0.1, 0.15) is 31.2 Å². The Balaban J connectivity index is 2.38. The van der Waals surface area contributed by atoms with Crippen LogP contribution in [0.2, 0.25) is 0 Å². The Morgan fingerprint density at radius 3 is 2.75 bits per heavy atom. The van der Waals surface area contributed by atoms with Crippen LogP contribution in [0.5, 0.6) is 0 Å². The van der Waals surface area contributed by atoms with E-state index in [9.17, 15) is 4.21 Å². The summed E-state index contributed by atoms with van der Waals surface area (Å²) in [4.78, 5) is 1.40. The summed E-state index contributed by atoms with van der Waals surface area (Å²) >= 11 is 1.80. The summed E-state index contributed by atoms with van der Waals surface area (Å²) < 4.78 is 10.9. The van der Waals surface area contributed by atoms with Crippen molar-refractivity contribution < 1.29 is 4.21 Å². The van der Waals surface area contributed by atoms with Crippen LogP contribution in [-0.2, 0) is 10.8 Å². The molecule has 92 valence electrons. The van der Waals surface area contributed by atoms with E-state index in [0.29, 0.717) is 12.0 Å². The van der Waals surface area contributed by atoms with E-state index in [-0.39, 0.29) is 0 Å². The highest BCUT2D eigenvalue weighted by molar-refractivity contribution is 7.84. The quantitative estimate of drug-likeness (QED) is 0.763. The lowest BCUT2D eigenvalue weighted by Crippen LogP contribution is -2.26. The van der Waals surface area contributed by atoms with Gasteiger partial charge >= 0.3 is 0 Å². The number of hydrogen-bond donors (Lipinski definition) is 1. The third-order valence-corrected chi connectivity index (χ3v) is 4.31. The molecule has 0 bridgehead atoms. The summed E-state index contributed by atoms with van der Waals surface area (Å²) in [6.07, 6.45) is 2.75. The van der Waals surface area contributed by atoms with Crippen LogP contribution in [0.3, 0.4) is 0 Å². The average Bonchev–Trinajstić information content (AvgIpc) is 2.69. The van der Waals surface area contributed by atoms with Gasteiger partial charge in [0.2, 0.25) is 0 Å². The van der Waals surface area contributed by atoms with Gasteiger partial charge in [-0.1, -0.05) is 19.9 Å². The standard InChI is InChI=1S/C12H21NOS2/c1-10(2)12(11-6-4-8-15-11)13-7-5-9-16(3)14/h4,6,8,10,12-13H,5,7,9H2,1-3H3. The van der Waals surface area contributed by atoms with E-state index in [2.05, 4.69) is 36.7 Å². The summed E-state index contributed by atoms with van der Waals surface area (Å²) in [7, 11) is -0.665. The first-order valence-electron chi connectivity index (χ1n) is 5.68. The molecule has 2 atom stereocenters. The first-order chi connectivity index (χ1) is 7.61. The summed E-state index contributed by atoms with van der Waals surface area (Å²) in [6, 6.07) is 4.71. The molecule has 1 N–H and O–H groups in total. The maximum Gasteiger partial charge on any atom is 0.0438 e. The van der Waals surface area contributed by atoms with Gasteiger partial charge in [-0.15, -0.1) is 11.3 Å². The average molecular weight is 259 g/mol. The summed E-state index contributed by atoms with van der Waals surface area (Å²) in [6.45, 7) is 5.41. The van der Waals surface area contributed by atoms with E-state index in [1.807, 2.05) is 0 Å². The van der Waals surface area contributed by atoms with Gasteiger partial charge in [0.25, 0.3) is 0 Å². The zero-order chi connectivity index (χ0) is 12.0. The number of thiophene rings is 1. The van der Waals surface area contributed by atoms with E-state index in [1.54, 1.807) is 17.6 Å². The molecule has 0 fully saturated rings. The van der Waals surface area contributed by atoms with Gasteiger partial charge in [-0.2, -0.15) is 0 Å². The Kier molecular flexibility index (Phi) is 6.24. The minimum absolute atomic E-state index is 0.435. The molecule has 2 nitrogen and oxygen atoms in total. The van der Waals surface area contributed by atoms with Crippen molar-refractivity contribution in [1.82, 2.24) is 5.32 Å². The van der Waals surface area contributed by atoms with Crippen molar-refractivity contribution in [3.05, 3.63) is 22.4 Å². The van der Waals surface area contributed by atoms with Gasteiger partial charge < -0.3 is 5.32 Å². The Morgan fingerprint density at radius 2 is 2.25 bits per heavy atom. The van der Waals surface area contributed by atoms with Gasteiger partial charge in [0.15, 0.2) is 0 Å². The minimum Gasteiger partial charge on any atom is -0.309 e. The Labute approximate surface area is 105 Å². The molecule has 0 aliphatic carbocycles. The molecular formula is C12H21NOS2. The monoisotopic (exact) mass is 259 g/mol. The fraction of sp³-hybridized carbons (Fsp3) is 0.667. The Hall–Kier alpha value is -0.190. The molecule has 0 saturated carbocycles. The lowest BCUT2D eigenvalue weighted by Gasteiger charge is -2.21. The van der Waals surface area contributed by atoms with Gasteiger partial charge in [-0.25, -0.2) is 0 Å². The Morgan fingerprint density at radius 1 is 1.50 bits per heavy atom. The van der Waals surface area contributed by atoms with E-state index in [4.69, 9.17) is 0 Å². The topological polar surface area (TPSA) is 29.1 Å². The number of nitrogens with one attached hydrogen (secondary N) is 1. The third kappa shape index (κ3) is 4.76. The number of rotatable bonds is 7. The van der Waals surface area contributed by atoms with Gasteiger partial charge in [-0.05, 0) is 30.3 Å². The molecule has 1 heterocycles. The zero-order valence-electron chi connectivity index (χ0n) is 10.2.